The Kier molecular flexibility index (Phi) is 3.44. The van der Waals surface area contributed by atoms with E-state index in [1.54, 1.807) is 19.1 Å². The summed E-state index contributed by atoms with van der Waals surface area (Å²) in [6.45, 7) is 1.69. The van der Waals surface area contributed by atoms with Crippen LogP contribution in [-0.4, -0.2) is 10.9 Å². The van der Waals surface area contributed by atoms with Crippen molar-refractivity contribution in [3.05, 3.63) is 65.6 Å². The summed E-state index contributed by atoms with van der Waals surface area (Å²) in [6.07, 6.45) is 2.08. The first-order valence-electron chi connectivity index (χ1n) is 6.74. The van der Waals surface area contributed by atoms with Crippen molar-refractivity contribution < 1.29 is 9.18 Å². The highest BCUT2D eigenvalue weighted by molar-refractivity contribution is 5.95. The van der Waals surface area contributed by atoms with E-state index in [0.717, 1.165) is 16.5 Å². The van der Waals surface area contributed by atoms with Gasteiger partial charge in [0.2, 0.25) is 5.91 Å². The lowest BCUT2D eigenvalue weighted by atomic mass is 10.1. The molecule has 2 aromatic carbocycles. The van der Waals surface area contributed by atoms with Crippen molar-refractivity contribution in [3.63, 3.8) is 0 Å². The number of benzene rings is 2. The third kappa shape index (κ3) is 2.79. The van der Waals surface area contributed by atoms with E-state index in [0.29, 0.717) is 11.3 Å². The molecule has 0 aliphatic heterocycles. The van der Waals surface area contributed by atoms with E-state index < -0.39 is 0 Å². The van der Waals surface area contributed by atoms with E-state index in [1.807, 2.05) is 30.5 Å². The fourth-order valence-corrected chi connectivity index (χ4v) is 2.33. The number of H-pyrrole nitrogens is 1. The van der Waals surface area contributed by atoms with Crippen LogP contribution in [-0.2, 0) is 11.2 Å². The number of aromatic nitrogens is 1. The van der Waals surface area contributed by atoms with Crippen molar-refractivity contribution in [2.24, 2.45) is 0 Å². The summed E-state index contributed by atoms with van der Waals surface area (Å²) in [6, 6.07) is 12.5. The molecule has 0 saturated heterocycles. The van der Waals surface area contributed by atoms with Crippen LogP contribution in [0.5, 0.6) is 0 Å². The number of anilines is 1. The summed E-state index contributed by atoms with van der Waals surface area (Å²) in [7, 11) is 0. The second kappa shape index (κ2) is 5.40. The highest BCUT2D eigenvalue weighted by Gasteiger charge is 2.09. The zero-order valence-electron chi connectivity index (χ0n) is 11.6. The first-order chi connectivity index (χ1) is 10.1. The standard InChI is InChI=1S/C17H15FN2O/c1-11-6-7-13(9-15(11)18)20-17(21)8-12-10-19-16-5-3-2-4-14(12)16/h2-7,9-10,19H,8H2,1H3,(H,20,21). The van der Waals surface area contributed by atoms with Gasteiger partial charge in [0.15, 0.2) is 0 Å². The van der Waals surface area contributed by atoms with Crippen LogP contribution < -0.4 is 5.32 Å². The van der Waals surface area contributed by atoms with Crippen LogP contribution in [0, 0.1) is 12.7 Å². The van der Waals surface area contributed by atoms with Gasteiger partial charge in [-0.05, 0) is 36.2 Å². The quantitative estimate of drug-likeness (QED) is 0.754. The molecule has 0 aliphatic carbocycles. The molecule has 0 bridgehead atoms. The molecule has 3 rings (SSSR count). The molecule has 3 aromatic rings. The summed E-state index contributed by atoms with van der Waals surface area (Å²) in [5.41, 5.74) is 2.96. The molecule has 0 fully saturated rings. The Morgan fingerprint density at radius 3 is 2.86 bits per heavy atom. The average molecular weight is 282 g/mol. The third-order valence-electron chi connectivity index (χ3n) is 3.48. The van der Waals surface area contributed by atoms with Crippen LogP contribution in [0.15, 0.2) is 48.7 Å². The van der Waals surface area contributed by atoms with Crippen LogP contribution in [0.25, 0.3) is 10.9 Å². The summed E-state index contributed by atoms with van der Waals surface area (Å²) in [5, 5.41) is 3.75. The number of hydrogen-bond donors (Lipinski definition) is 2. The largest absolute Gasteiger partial charge is 0.361 e. The maximum absolute atomic E-state index is 13.5. The van der Waals surface area contributed by atoms with Gasteiger partial charge >= 0.3 is 0 Å². The number of hydrogen-bond acceptors (Lipinski definition) is 1. The van der Waals surface area contributed by atoms with Gasteiger partial charge in [0, 0.05) is 22.8 Å². The van der Waals surface area contributed by atoms with Crippen molar-refractivity contribution in [2.75, 3.05) is 5.32 Å². The van der Waals surface area contributed by atoms with E-state index >= 15 is 0 Å². The van der Waals surface area contributed by atoms with Gasteiger partial charge < -0.3 is 10.3 Å². The number of halogens is 1. The monoisotopic (exact) mass is 282 g/mol. The maximum atomic E-state index is 13.5. The molecule has 3 nitrogen and oxygen atoms in total. The predicted molar refractivity (Wildman–Crippen MR) is 81.8 cm³/mol. The van der Waals surface area contributed by atoms with Crippen LogP contribution in [0.4, 0.5) is 10.1 Å². The molecular formula is C17H15FN2O. The van der Waals surface area contributed by atoms with Crippen LogP contribution in [0.3, 0.4) is 0 Å². The molecule has 0 saturated carbocycles. The molecule has 21 heavy (non-hydrogen) atoms. The minimum absolute atomic E-state index is 0.164. The Morgan fingerprint density at radius 2 is 2.05 bits per heavy atom. The normalized spacial score (nSPS) is 10.8. The minimum Gasteiger partial charge on any atom is -0.361 e. The number of rotatable bonds is 3. The van der Waals surface area contributed by atoms with Gasteiger partial charge in [-0.25, -0.2) is 4.39 Å². The third-order valence-corrected chi connectivity index (χ3v) is 3.48. The second-order valence-electron chi connectivity index (χ2n) is 5.05. The molecule has 0 spiro atoms. The van der Waals surface area contributed by atoms with Crippen LogP contribution >= 0.6 is 0 Å². The van der Waals surface area contributed by atoms with Crippen LogP contribution in [0.1, 0.15) is 11.1 Å². The highest BCUT2D eigenvalue weighted by Crippen LogP contribution is 2.19. The number of carbonyl (C=O) groups excluding carboxylic acids is 1. The van der Waals surface area contributed by atoms with Crippen molar-refractivity contribution in [2.45, 2.75) is 13.3 Å². The maximum Gasteiger partial charge on any atom is 0.228 e. The Bertz CT molecular complexity index is 807. The zero-order valence-corrected chi connectivity index (χ0v) is 11.6. The minimum atomic E-state index is -0.320. The molecular weight excluding hydrogens is 267 g/mol. The summed E-state index contributed by atoms with van der Waals surface area (Å²) in [4.78, 5) is 15.2. The molecule has 4 heteroatoms. The lowest BCUT2D eigenvalue weighted by molar-refractivity contribution is -0.115. The first-order valence-corrected chi connectivity index (χ1v) is 6.74. The number of amides is 1. The number of para-hydroxylation sites is 1. The van der Waals surface area contributed by atoms with E-state index in [2.05, 4.69) is 10.3 Å². The van der Waals surface area contributed by atoms with Gasteiger partial charge in [-0.3, -0.25) is 4.79 Å². The van der Waals surface area contributed by atoms with Gasteiger partial charge in [-0.1, -0.05) is 24.3 Å². The molecule has 0 aliphatic rings. The van der Waals surface area contributed by atoms with Crippen molar-refractivity contribution in [1.29, 1.82) is 0 Å². The van der Waals surface area contributed by atoms with Gasteiger partial charge in [-0.2, -0.15) is 0 Å². The molecule has 2 N–H and O–H groups in total. The molecule has 0 atom stereocenters. The summed E-state index contributed by atoms with van der Waals surface area (Å²) < 4.78 is 13.5. The fourth-order valence-electron chi connectivity index (χ4n) is 2.33. The zero-order chi connectivity index (χ0) is 14.8. The van der Waals surface area contributed by atoms with Crippen molar-refractivity contribution in [1.82, 2.24) is 4.98 Å². The van der Waals surface area contributed by atoms with Gasteiger partial charge in [0.25, 0.3) is 0 Å². The second-order valence-corrected chi connectivity index (χ2v) is 5.05. The van der Waals surface area contributed by atoms with Gasteiger partial charge in [0.05, 0.1) is 6.42 Å². The number of fused-ring (bicyclic) bond motifs is 1. The Hall–Kier alpha value is -2.62. The number of carbonyl (C=O) groups is 1. The fraction of sp³-hybridized carbons (Fsp3) is 0.118. The Balaban J connectivity index is 1.75. The average Bonchev–Trinajstić information content (AvgIpc) is 2.86. The first kappa shape index (κ1) is 13.4. The molecule has 0 radical (unpaired) electrons. The smallest absolute Gasteiger partial charge is 0.228 e. The summed E-state index contributed by atoms with van der Waals surface area (Å²) in [5.74, 6) is -0.483. The molecule has 1 aromatic heterocycles. The lowest BCUT2D eigenvalue weighted by Crippen LogP contribution is -2.14. The lowest BCUT2D eigenvalue weighted by Gasteiger charge is -2.06. The van der Waals surface area contributed by atoms with Gasteiger partial charge in [-0.15, -0.1) is 0 Å². The van der Waals surface area contributed by atoms with Crippen LogP contribution in [0.2, 0.25) is 0 Å². The number of nitrogens with one attached hydrogen (secondary N) is 2. The molecule has 0 unspecified atom stereocenters. The van der Waals surface area contributed by atoms with Crippen molar-refractivity contribution >= 4 is 22.5 Å². The van der Waals surface area contributed by atoms with E-state index in [-0.39, 0.29) is 18.1 Å². The van der Waals surface area contributed by atoms with Crippen molar-refractivity contribution in [3.8, 4) is 0 Å². The predicted octanol–water partition coefficient (Wildman–Crippen LogP) is 3.80. The Morgan fingerprint density at radius 1 is 1.24 bits per heavy atom. The number of aryl methyl sites for hydroxylation is 1. The van der Waals surface area contributed by atoms with E-state index in [1.165, 1.54) is 6.07 Å². The Labute approximate surface area is 121 Å². The van der Waals surface area contributed by atoms with E-state index in [4.69, 9.17) is 0 Å². The topological polar surface area (TPSA) is 44.9 Å². The molecule has 1 heterocycles. The molecule has 106 valence electrons. The summed E-state index contributed by atoms with van der Waals surface area (Å²) >= 11 is 0. The highest BCUT2D eigenvalue weighted by atomic mass is 19.1. The molecule has 1 amide bonds. The van der Waals surface area contributed by atoms with Gasteiger partial charge in [0.1, 0.15) is 5.82 Å². The SMILES string of the molecule is Cc1ccc(NC(=O)Cc2c[nH]c3ccccc23)cc1F. The van der Waals surface area contributed by atoms with E-state index in [9.17, 15) is 9.18 Å². The number of aromatic amines is 1.